The molecular formula is C10H16O7. The molecule has 0 amide bonds. The van der Waals surface area contributed by atoms with Gasteiger partial charge in [-0.2, -0.15) is 0 Å². The van der Waals surface area contributed by atoms with E-state index in [1.165, 1.54) is 21.0 Å². The Morgan fingerprint density at radius 3 is 2.12 bits per heavy atom. The highest BCUT2D eigenvalue weighted by Gasteiger charge is 2.49. The van der Waals surface area contributed by atoms with Crippen molar-refractivity contribution in [3.05, 3.63) is 0 Å². The van der Waals surface area contributed by atoms with Gasteiger partial charge in [-0.1, -0.05) is 0 Å². The molecule has 0 aromatic carbocycles. The number of carbonyl (C=O) groups is 2. The molecule has 1 rings (SSSR count). The lowest BCUT2D eigenvalue weighted by Gasteiger charge is -2.22. The lowest BCUT2D eigenvalue weighted by Crippen LogP contribution is -2.41. The quantitative estimate of drug-likeness (QED) is 0.652. The summed E-state index contributed by atoms with van der Waals surface area (Å²) in [6.07, 6.45) is -3.38. The smallest absolute Gasteiger partial charge is 0.303 e. The van der Waals surface area contributed by atoms with Crippen LogP contribution in [0, 0.1) is 0 Å². The summed E-state index contributed by atoms with van der Waals surface area (Å²) in [7, 11) is 1.37. The third kappa shape index (κ3) is 3.39. The minimum Gasteiger partial charge on any atom is -0.455 e. The second kappa shape index (κ2) is 5.95. The Morgan fingerprint density at radius 2 is 1.71 bits per heavy atom. The van der Waals surface area contributed by atoms with Crippen LogP contribution in [0.5, 0.6) is 0 Å². The molecule has 0 saturated carbocycles. The zero-order valence-electron chi connectivity index (χ0n) is 9.91. The number of esters is 2. The lowest BCUT2D eigenvalue weighted by molar-refractivity contribution is -0.181. The molecule has 0 aliphatic carbocycles. The van der Waals surface area contributed by atoms with E-state index in [1.807, 2.05) is 0 Å². The fraction of sp³-hybridized carbons (Fsp3) is 0.800. The Kier molecular flexibility index (Phi) is 4.86. The molecule has 1 aliphatic heterocycles. The number of ether oxygens (including phenoxy) is 4. The van der Waals surface area contributed by atoms with Gasteiger partial charge in [0.1, 0.15) is 6.10 Å². The Balaban J connectivity index is 2.82. The fourth-order valence-electron chi connectivity index (χ4n) is 1.68. The molecule has 0 radical (unpaired) electrons. The predicted molar refractivity (Wildman–Crippen MR) is 53.9 cm³/mol. The molecule has 0 bridgehead atoms. The minimum atomic E-state index is -0.876. The van der Waals surface area contributed by atoms with Gasteiger partial charge in [-0.25, -0.2) is 0 Å². The number of rotatable bonds is 4. The molecule has 17 heavy (non-hydrogen) atoms. The summed E-state index contributed by atoms with van der Waals surface area (Å²) in [4.78, 5) is 21.9. The number of aliphatic hydroxyl groups excluding tert-OH is 1. The van der Waals surface area contributed by atoms with Crippen LogP contribution in [0.15, 0.2) is 0 Å². The SMILES string of the molecule is CO[C@@H]1O[C@H](CO)[C@@H](OC(C)=O)[C@H]1OC(C)=O. The Hall–Kier alpha value is -1.18. The van der Waals surface area contributed by atoms with Crippen molar-refractivity contribution in [2.45, 2.75) is 38.4 Å². The number of hydrogen-bond donors (Lipinski definition) is 1. The molecule has 7 nitrogen and oxygen atoms in total. The zero-order chi connectivity index (χ0) is 13.0. The van der Waals surface area contributed by atoms with E-state index in [4.69, 9.17) is 24.1 Å². The molecule has 7 heteroatoms. The number of methoxy groups -OCH3 is 1. The van der Waals surface area contributed by atoms with Crippen molar-refractivity contribution in [2.75, 3.05) is 13.7 Å². The first kappa shape index (κ1) is 13.9. The Labute approximate surface area is 98.6 Å². The fourth-order valence-corrected chi connectivity index (χ4v) is 1.68. The maximum atomic E-state index is 11.0. The Bertz CT molecular complexity index is 262. The first-order chi connectivity index (χ1) is 7.99. The predicted octanol–water partition coefficient (Wildman–Crippen LogP) is -0.787. The van der Waals surface area contributed by atoms with E-state index in [-0.39, 0.29) is 6.61 Å². The lowest BCUT2D eigenvalue weighted by atomic mass is 10.1. The van der Waals surface area contributed by atoms with Crippen LogP contribution in [-0.4, -0.2) is 55.4 Å². The van der Waals surface area contributed by atoms with E-state index >= 15 is 0 Å². The van der Waals surface area contributed by atoms with E-state index in [0.717, 1.165) is 0 Å². The van der Waals surface area contributed by atoms with Crippen LogP contribution in [0.25, 0.3) is 0 Å². The van der Waals surface area contributed by atoms with Crippen molar-refractivity contribution in [3.8, 4) is 0 Å². The zero-order valence-corrected chi connectivity index (χ0v) is 9.91. The molecule has 1 heterocycles. The van der Waals surface area contributed by atoms with E-state index in [9.17, 15) is 9.59 Å². The van der Waals surface area contributed by atoms with Gasteiger partial charge >= 0.3 is 11.9 Å². The van der Waals surface area contributed by atoms with E-state index in [0.29, 0.717) is 0 Å². The van der Waals surface area contributed by atoms with Crippen molar-refractivity contribution >= 4 is 11.9 Å². The van der Waals surface area contributed by atoms with Gasteiger partial charge in [0.15, 0.2) is 18.5 Å². The first-order valence-electron chi connectivity index (χ1n) is 5.13. The molecule has 0 aromatic heterocycles. The molecule has 4 atom stereocenters. The standard InChI is InChI=1S/C10H16O7/c1-5(12)15-8-7(4-11)17-10(14-3)9(8)16-6(2)13/h7-11H,4H2,1-3H3/t7-,8-,9-,10-/m1/s1. The molecule has 1 N–H and O–H groups in total. The minimum absolute atomic E-state index is 0.366. The third-order valence-electron chi connectivity index (χ3n) is 2.28. The first-order valence-corrected chi connectivity index (χ1v) is 5.13. The van der Waals surface area contributed by atoms with Gasteiger partial charge in [-0.05, 0) is 0 Å². The summed E-state index contributed by atoms with van der Waals surface area (Å²) in [5.74, 6) is -1.10. The molecule has 0 unspecified atom stereocenters. The van der Waals surface area contributed by atoms with Gasteiger partial charge in [0.2, 0.25) is 0 Å². The molecular weight excluding hydrogens is 232 g/mol. The maximum Gasteiger partial charge on any atom is 0.303 e. The van der Waals surface area contributed by atoms with Crippen molar-refractivity contribution in [2.24, 2.45) is 0 Å². The van der Waals surface area contributed by atoms with E-state index in [1.54, 1.807) is 0 Å². The van der Waals surface area contributed by atoms with Gasteiger partial charge in [0.25, 0.3) is 0 Å². The summed E-state index contributed by atoms with van der Waals surface area (Å²) in [5, 5.41) is 9.10. The van der Waals surface area contributed by atoms with Crippen molar-refractivity contribution in [1.29, 1.82) is 0 Å². The second-order valence-electron chi connectivity index (χ2n) is 3.61. The molecule has 0 spiro atoms. The average molecular weight is 248 g/mol. The molecule has 1 aliphatic rings. The van der Waals surface area contributed by atoms with Gasteiger partial charge < -0.3 is 24.1 Å². The van der Waals surface area contributed by atoms with Crippen LogP contribution >= 0.6 is 0 Å². The van der Waals surface area contributed by atoms with Crippen molar-refractivity contribution in [1.82, 2.24) is 0 Å². The normalized spacial score (nSPS) is 32.2. The van der Waals surface area contributed by atoms with Crippen LogP contribution < -0.4 is 0 Å². The van der Waals surface area contributed by atoms with E-state index in [2.05, 4.69) is 0 Å². The largest absolute Gasteiger partial charge is 0.455 e. The van der Waals surface area contributed by atoms with Gasteiger partial charge in [-0.15, -0.1) is 0 Å². The second-order valence-corrected chi connectivity index (χ2v) is 3.61. The molecule has 1 saturated heterocycles. The van der Waals surface area contributed by atoms with Gasteiger partial charge in [-0.3, -0.25) is 9.59 Å². The molecule has 98 valence electrons. The number of hydrogen-bond acceptors (Lipinski definition) is 7. The summed E-state index contributed by atoms with van der Waals surface area (Å²) in [6, 6.07) is 0. The molecule has 1 fully saturated rings. The van der Waals surface area contributed by atoms with Crippen LogP contribution in [0.2, 0.25) is 0 Å². The highest BCUT2D eigenvalue weighted by atomic mass is 16.7. The van der Waals surface area contributed by atoms with Crippen LogP contribution in [0.3, 0.4) is 0 Å². The number of carbonyl (C=O) groups excluding carboxylic acids is 2. The van der Waals surface area contributed by atoms with E-state index < -0.39 is 36.5 Å². The van der Waals surface area contributed by atoms with Gasteiger partial charge in [0.05, 0.1) is 6.61 Å². The van der Waals surface area contributed by atoms with Crippen molar-refractivity contribution in [3.63, 3.8) is 0 Å². The summed E-state index contributed by atoms with van der Waals surface area (Å²) < 4.78 is 20.2. The monoisotopic (exact) mass is 248 g/mol. The third-order valence-corrected chi connectivity index (χ3v) is 2.28. The van der Waals surface area contributed by atoms with Crippen LogP contribution in [0.4, 0.5) is 0 Å². The van der Waals surface area contributed by atoms with Crippen molar-refractivity contribution < 1.29 is 33.6 Å². The van der Waals surface area contributed by atoms with Gasteiger partial charge in [0, 0.05) is 21.0 Å². The Morgan fingerprint density at radius 1 is 1.18 bits per heavy atom. The maximum absolute atomic E-state index is 11.0. The highest BCUT2D eigenvalue weighted by molar-refractivity contribution is 5.67. The number of aliphatic hydroxyl groups is 1. The topological polar surface area (TPSA) is 91.3 Å². The molecule has 0 aromatic rings. The van der Waals surface area contributed by atoms with Crippen LogP contribution in [0.1, 0.15) is 13.8 Å². The highest BCUT2D eigenvalue weighted by Crippen LogP contribution is 2.27. The average Bonchev–Trinajstić information content (AvgIpc) is 2.55. The van der Waals surface area contributed by atoms with Crippen LogP contribution in [-0.2, 0) is 28.5 Å². The summed E-state index contributed by atoms with van der Waals surface area (Å²) >= 11 is 0. The summed E-state index contributed by atoms with van der Waals surface area (Å²) in [6.45, 7) is 2.08. The summed E-state index contributed by atoms with van der Waals surface area (Å²) in [5.41, 5.74) is 0.